The minimum absolute atomic E-state index is 0.0260. The van der Waals surface area contributed by atoms with E-state index in [4.69, 9.17) is 21.1 Å². The molecule has 0 unspecified atom stereocenters. The SMILES string of the molecule is COc1cc2c(c(OC)c1)C(=O)N([C@@H](C)c1ccc(Cl)cc1)C2. The van der Waals surface area contributed by atoms with Crippen molar-refractivity contribution >= 4 is 17.5 Å². The van der Waals surface area contributed by atoms with E-state index in [1.807, 2.05) is 42.2 Å². The Morgan fingerprint density at radius 3 is 2.43 bits per heavy atom. The molecule has 2 aromatic rings. The summed E-state index contributed by atoms with van der Waals surface area (Å²) >= 11 is 5.94. The predicted molar refractivity (Wildman–Crippen MR) is 89.3 cm³/mol. The van der Waals surface area contributed by atoms with Crippen LogP contribution in [0.15, 0.2) is 36.4 Å². The number of nitrogens with zero attached hydrogens (tertiary/aromatic N) is 1. The first-order valence-corrected chi connectivity index (χ1v) is 7.74. The molecule has 0 radical (unpaired) electrons. The monoisotopic (exact) mass is 331 g/mol. The fraction of sp³-hybridized carbons (Fsp3) is 0.278. The molecular weight excluding hydrogens is 314 g/mol. The summed E-state index contributed by atoms with van der Waals surface area (Å²) in [5.74, 6) is 1.21. The van der Waals surface area contributed by atoms with Crippen molar-refractivity contribution in [3.8, 4) is 11.5 Å². The zero-order chi connectivity index (χ0) is 16.6. The Hall–Kier alpha value is -2.20. The second kappa shape index (κ2) is 6.13. The van der Waals surface area contributed by atoms with Crippen LogP contribution >= 0.6 is 11.6 Å². The van der Waals surface area contributed by atoms with Gasteiger partial charge in [0.15, 0.2) is 0 Å². The summed E-state index contributed by atoms with van der Waals surface area (Å²) in [6, 6.07) is 11.2. The minimum Gasteiger partial charge on any atom is -0.497 e. The average molecular weight is 332 g/mol. The zero-order valence-corrected chi connectivity index (χ0v) is 14.1. The van der Waals surface area contributed by atoms with Crippen molar-refractivity contribution in [3.63, 3.8) is 0 Å². The van der Waals surface area contributed by atoms with E-state index in [2.05, 4.69) is 0 Å². The lowest BCUT2D eigenvalue weighted by Crippen LogP contribution is -2.27. The van der Waals surface area contributed by atoms with Crippen molar-refractivity contribution in [1.29, 1.82) is 0 Å². The Kier molecular flexibility index (Phi) is 4.18. The van der Waals surface area contributed by atoms with Gasteiger partial charge in [-0.05, 0) is 36.2 Å². The summed E-state index contributed by atoms with van der Waals surface area (Å²) in [6.45, 7) is 2.54. The van der Waals surface area contributed by atoms with E-state index in [-0.39, 0.29) is 11.9 Å². The smallest absolute Gasteiger partial charge is 0.258 e. The first kappa shape index (κ1) is 15.7. The second-order valence-electron chi connectivity index (χ2n) is 5.52. The number of ether oxygens (including phenoxy) is 2. The number of hydrogen-bond donors (Lipinski definition) is 0. The predicted octanol–water partition coefficient (Wildman–Crippen LogP) is 4.07. The summed E-state index contributed by atoms with van der Waals surface area (Å²) in [4.78, 5) is 14.7. The molecule has 0 aliphatic carbocycles. The molecule has 1 heterocycles. The second-order valence-corrected chi connectivity index (χ2v) is 5.96. The van der Waals surface area contributed by atoms with Crippen LogP contribution in [-0.4, -0.2) is 25.0 Å². The Morgan fingerprint density at radius 1 is 1.13 bits per heavy atom. The van der Waals surface area contributed by atoms with Gasteiger partial charge in [-0.25, -0.2) is 0 Å². The average Bonchev–Trinajstić information content (AvgIpc) is 2.91. The third-order valence-electron chi connectivity index (χ3n) is 4.25. The van der Waals surface area contributed by atoms with Gasteiger partial charge in [0.2, 0.25) is 0 Å². The molecule has 0 bridgehead atoms. The normalized spacial score (nSPS) is 14.6. The topological polar surface area (TPSA) is 38.8 Å². The van der Waals surface area contributed by atoms with Crippen LogP contribution in [0.3, 0.4) is 0 Å². The molecule has 23 heavy (non-hydrogen) atoms. The summed E-state index contributed by atoms with van der Waals surface area (Å²) in [6.07, 6.45) is 0. The molecule has 0 saturated heterocycles. The lowest BCUT2D eigenvalue weighted by Gasteiger charge is -2.24. The third-order valence-corrected chi connectivity index (χ3v) is 4.50. The van der Waals surface area contributed by atoms with Gasteiger partial charge in [0.05, 0.1) is 25.8 Å². The van der Waals surface area contributed by atoms with E-state index in [9.17, 15) is 4.79 Å². The van der Waals surface area contributed by atoms with Gasteiger partial charge in [-0.3, -0.25) is 4.79 Å². The van der Waals surface area contributed by atoms with E-state index in [0.717, 1.165) is 11.1 Å². The van der Waals surface area contributed by atoms with E-state index >= 15 is 0 Å². The van der Waals surface area contributed by atoms with Crippen molar-refractivity contribution in [2.45, 2.75) is 19.5 Å². The molecule has 120 valence electrons. The molecule has 0 saturated carbocycles. The Labute approximate surface area is 140 Å². The van der Waals surface area contributed by atoms with Gasteiger partial charge < -0.3 is 14.4 Å². The molecule has 0 fully saturated rings. The Balaban J connectivity index is 1.95. The van der Waals surface area contributed by atoms with Gasteiger partial charge >= 0.3 is 0 Å². The number of benzene rings is 2. The van der Waals surface area contributed by atoms with Gasteiger partial charge in [0.25, 0.3) is 5.91 Å². The lowest BCUT2D eigenvalue weighted by atomic mass is 10.1. The maximum Gasteiger partial charge on any atom is 0.258 e. The van der Waals surface area contributed by atoms with Gasteiger partial charge in [-0.2, -0.15) is 0 Å². The number of fused-ring (bicyclic) bond motifs is 1. The zero-order valence-electron chi connectivity index (χ0n) is 13.3. The van der Waals surface area contributed by atoms with E-state index in [0.29, 0.717) is 28.6 Å². The molecule has 1 atom stereocenters. The first-order valence-electron chi connectivity index (χ1n) is 7.36. The lowest BCUT2D eigenvalue weighted by molar-refractivity contribution is 0.0713. The number of methoxy groups -OCH3 is 2. The number of halogens is 1. The number of rotatable bonds is 4. The van der Waals surface area contributed by atoms with E-state index in [1.165, 1.54) is 0 Å². The first-order chi connectivity index (χ1) is 11.0. The van der Waals surface area contributed by atoms with Crippen molar-refractivity contribution < 1.29 is 14.3 Å². The molecule has 1 aliphatic heterocycles. The van der Waals surface area contributed by atoms with Gasteiger partial charge in [-0.15, -0.1) is 0 Å². The van der Waals surface area contributed by atoms with Crippen molar-refractivity contribution in [1.82, 2.24) is 4.90 Å². The molecule has 5 heteroatoms. The number of hydrogen-bond acceptors (Lipinski definition) is 3. The molecular formula is C18H18ClNO3. The molecule has 0 aromatic heterocycles. The van der Waals surface area contributed by atoms with Gasteiger partial charge in [-0.1, -0.05) is 23.7 Å². The number of amides is 1. The van der Waals surface area contributed by atoms with Crippen LogP contribution in [0.1, 0.15) is 34.5 Å². The molecule has 2 aromatic carbocycles. The highest BCUT2D eigenvalue weighted by Gasteiger charge is 2.34. The molecule has 1 amide bonds. The molecule has 0 spiro atoms. The standard InChI is InChI=1S/C18H18ClNO3/c1-11(12-4-6-14(19)7-5-12)20-10-13-8-15(22-2)9-16(23-3)17(13)18(20)21/h4-9,11H,10H2,1-3H3/t11-/m0/s1. The van der Waals surface area contributed by atoms with Crippen LogP contribution in [-0.2, 0) is 6.54 Å². The molecule has 4 nitrogen and oxygen atoms in total. The Bertz CT molecular complexity index is 743. The summed E-state index contributed by atoms with van der Waals surface area (Å²) in [5.41, 5.74) is 2.59. The van der Waals surface area contributed by atoms with Gasteiger partial charge in [0, 0.05) is 17.6 Å². The quantitative estimate of drug-likeness (QED) is 0.847. The van der Waals surface area contributed by atoms with Crippen LogP contribution in [0.4, 0.5) is 0 Å². The van der Waals surface area contributed by atoms with E-state index < -0.39 is 0 Å². The molecule has 3 rings (SSSR count). The van der Waals surface area contributed by atoms with Crippen LogP contribution in [0.25, 0.3) is 0 Å². The Morgan fingerprint density at radius 2 is 1.83 bits per heavy atom. The largest absolute Gasteiger partial charge is 0.497 e. The third kappa shape index (κ3) is 2.75. The van der Waals surface area contributed by atoms with Crippen LogP contribution in [0, 0.1) is 0 Å². The summed E-state index contributed by atoms with van der Waals surface area (Å²) in [7, 11) is 3.17. The van der Waals surface area contributed by atoms with Gasteiger partial charge in [0.1, 0.15) is 11.5 Å². The molecule has 1 aliphatic rings. The molecule has 0 N–H and O–H groups in total. The van der Waals surface area contributed by atoms with E-state index in [1.54, 1.807) is 20.3 Å². The number of carbonyl (C=O) groups excluding carboxylic acids is 1. The fourth-order valence-corrected chi connectivity index (χ4v) is 3.05. The van der Waals surface area contributed by atoms with Crippen LogP contribution < -0.4 is 9.47 Å². The number of carbonyl (C=O) groups is 1. The minimum atomic E-state index is -0.0529. The van der Waals surface area contributed by atoms with Crippen LogP contribution in [0.5, 0.6) is 11.5 Å². The maximum absolute atomic E-state index is 12.8. The fourth-order valence-electron chi connectivity index (χ4n) is 2.92. The highest BCUT2D eigenvalue weighted by Crippen LogP contribution is 2.38. The maximum atomic E-state index is 12.8. The van der Waals surface area contributed by atoms with Crippen molar-refractivity contribution in [3.05, 3.63) is 58.1 Å². The van der Waals surface area contributed by atoms with Crippen molar-refractivity contribution in [2.75, 3.05) is 14.2 Å². The highest BCUT2D eigenvalue weighted by molar-refractivity contribution is 6.30. The highest BCUT2D eigenvalue weighted by atomic mass is 35.5. The summed E-state index contributed by atoms with van der Waals surface area (Å²) in [5, 5.41) is 0.684. The van der Waals surface area contributed by atoms with Crippen LogP contribution in [0.2, 0.25) is 5.02 Å². The van der Waals surface area contributed by atoms with Crippen molar-refractivity contribution in [2.24, 2.45) is 0 Å². The summed E-state index contributed by atoms with van der Waals surface area (Å²) < 4.78 is 10.7.